The van der Waals surface area contributed by atoms with Crippen LogP contribution < -0.4 is 10.1 Å². The maximum atomic E-state index is 12.0. The number of carbonyl (C=O) groups is 1. The summed E-state index contributed by atoms with van der Waals surface area (Å²) in [6.07, 6.45) is 10.1. The zero-order valence-electron chi connectivity index (χ0n) is 19.0. The van der Waals surface area contributed by atoms with Crippen molar-refractivity contribution in [3.05, 3.63) is 73.5 Å². The van der Waals surface area contributed by atoms with Gasteiger partial charge in [-0.1, -0.05) is 18.7 Å². The number of carbonyl (C=O) groups excluding carboxylic acids is 1. The van der Waals surface area contributed by atoms with Crippen LogP contribution in [0, 0.1) is 6.92 Å². The molecule has 0 spiro atoms. The van der Waals surface area contributed by atoms with Crippen LogP contribution in [-0.2, 0) is 18.9 Å². The summed E-state index contributed by atoms with van der Waals surface area (Å²) in [5.41, 5.74) is 6.01. The van der Waals surface area contributed by atoms with Gasteiger partial charge in [-0.3, -0.25) is 14.2 Å². The fraction of sp³-hybridized carbons (Fsp3) is 0.120. The molecule has 5 rings (SSSR count). The average Bonchev–Trinajstić information content (AvgIpc) is 3.53. The summed E-state index contributed by atoms with van der Waals surface area (Å²) in [5, 5.41) is 12.2. The number of nitrogens with zero attached hydrogens (tertiary/aromatic N) is 5. The molecule has 0 fully saturated rings. The van der Waals surface area contributed by atoms with Gasteiger partial charge in [0.05, 0.1) is 30.5 Å². The number of rotatable bonds is 6. The first-order valence-corrected chi connectivity index (χ1v) is 10.6. The standard InChI is InChI=1S/C25H23N7O2.2H2/c1-5-22(33)29-21-8-16(7-6-15(21)2)23-20-9-18(34-19-12-28-32(4)14-19)11-26-25(20)30-24(23)17-10-27-31(3)13-17;;/h5-14H,1H2,2-4H3,(H,26,30)(H,29,33);2*1H. The number of nitrogens with one attached hydrogen (secondary N) is 2. The first-order valence-electron chi connectivity index (χ1n) is 10.6. The lowest BCUT2D eigenvalue weighted by Gasteiger charge is -2.11. The Morgan fingerprint density at radius 2 is 1.88 bits per heavy atom. The minimum Gasteiger partial charge on any atom is -0.452 e. The van der Waals surface area contributed by atoms with Gasteiger partial charge in [-0.15, -0.1) is 0 Å². The highest BCUT2D eigenvalue weighted by Crippen LogP contribution is 2.40. The molecule has 9 nitrogen and oxygen atoms in total. The number of amides is 1. The lowest BCUT2D eigenvalue weighted by Crippen LogP contribution is -2.08. The Hall–Kier alpha value is -4.66. The molecule has 4 aromatic heterocycles. The third kappa shape index (κ3) is 3.95. The number of aryl methyl sites for hydroxylation is 3. The molecule has 0 aliphatic heterocycles. The van der Waals surface area contributed by atoms with E-state index in [1.807, 2.05) is 51.5 Å². The van der Waals surface area contributed by atoms with Crippen LogP contribution in [0.4, 0.5) is 5.69 Å². The van der Waals surface area contributed by atoms with E-state index < -0.39 is 0 Å². The van der Waals surface area contributed by atoms with E-state index in [9.17, 15) is 4.79 Å². The minimum atomic E-state index is -0.263. The number of ether oxygens (including phenoxy) is 1. The molecule has 0 saturated heterocycles. The van der Waals surface area contributed by atoms with Gasteiger partial charge in [0.25, 0.3) is 0 Å². The molecule has 0 unspecified atom stereocenters. The fourth-order valence-corrected chi connectivity index (χ4v) is 3.86. The van der Waals surface area contributed by atoms with Crippen LogP contribution in [0.15, 0.2) is 67.9 Å². The third-order valence-corrected chi connectivity index (χ3v) is 5.51. The smallest absolute Gasteiger partial charge is 0.247 e. The summed E-state index contributed by atoms with van der Waals surface area (Å²) in [6.45, 7) is 5.49. The van der Waals surface area contributed by atoms with E-state index in [-0.39, 0.29) is 8.76 Å². The lowest BCUT2D eigenvalue weighted by molar-refractivity contribution is -0.111. The van der Waals surface area contributed by atoms with Crippen LogP contribution in [0.2, 0.25) is 0 Å². The Balaban J connectivity index is 0.00000180. The zero-order chi connectivity index (χ0) is 23.8. The van der Waals surface area contributed by atoms with Gasteiger partial charge < -0.3 is 15.0 Å². The minimum absolute atomic E-state index is 0. The Labute approximate surface area is 198 Å². The van der Waals surface area contributed by atoms with Gasteiger partial charge in [0.15, 0.2) is 5.75 Å². The van der Waals surface area contributed by atoms with E-state index in [1.165, 1.54) is 6.08 Å². The van der Waals surface area contributed by atoms with Crippen LogP contribution >= 0.6 is 0 Å². The second-order valence-corrected chi connectivity index (χ2v) is 8.02. The van der Waals surface area contributed by atoms with Gasteiger partial charge in [0.2, 0.25) is 5.91 Å². The van der Waals surface area contributed by atoms with Crippen LogP contribution in [0.1, 0.15) is 8.42 Å². The first-order chi connectivity index (χ1) is 16.4. The maximum absolute atomic E-state index is 12.0. The van der Waals surface area contributed by atoms with Crippen LogP contribution in [0.3, 0.4) is 0 Å². The van der Waals surface area contributed by atoms with E-state index in [1.54, 1.807) is 34.2 Å². The van der Waals surface area contributed by atoms with Crippen molar-refractivity contribution in [3.8, 4) is 33.9 Å². The van der Waals surface area contributed by atoms with E-state index in [0.29, 0.717) is 22.8 Å². The van der Waals surface area contributed by atoms with Crippen LogP contribution in [-0.4, -0.2) is 35.4 Å². The number of fused-ring (bicyclic) bond motifs is 1. The normalized spacial score (nSPS) is 11.0. The van der Waals surface area contributed by atoms with E-state index in [4.69, 9.17) is 4.74 Å². The highest BCUT2D eigenvalue weighted by atomic mass is 16.5. The largest absolute Gasteiger partial charge is 0.452 e. The van der Waals surface area contributed by atoms with Crippen molar-refractivity contribution in [2.45, 2.75) is 6.92 Å². The molecule has 0 atom stereocenters. The summed E-state index contributed by atoms with van der Waals surface area (Å²) >= 11 is 0. The van der Waals surface area contributed by atoms with Crippen LogP contribution in [0.5, 0.6) is 11.5 Å². The average molecular weight is 458 g/mol. The van der Waals surface area contributed by atoms with Crippen molar-refractivity contribution in [2.24, 2.45) is 14.1 Å². The third-order valence-electron chi connectivity index (χ3n) is 5.51. The summed E-state index contributed by atoms with van der Waals surface area (Å²) < 4.78 is 9.41. The zero-order valence-corrected chi connectivity index (χ0v) is 19.0. The number of aromatic nitrogens is 6. The Bertz CT molecular complexity index is 1550. The Kier molecular flexibility index (Phi) is 5.21. The molecule has 5 aromatic rings. The van der Waals surface area contributed by atoms with Crippen molar-refractivity contribution in [3.63, 3.8) is 0 Å². The first kappa shape index (κ1) is 21.2. The van der Waals surface area contributed by atoms with E-state index in [2.05, 4.69) is 32.1 Å². The quantitative estimate of drug-likeness (QED) is 0.346. The summed E-state index contributed by atoms with van der Waals surface area (Å²) in [7, 11) is 3.71. The lowest BCUT2D eigenvalue weighted by atomic mass is 9.98. The fourth-order valence-electron chi connectivity index (χ4n) is 3.86. The molecule has 2 N–H and O–H groups in total. The van der Waals surface area contributed by atoms with Crippen molar-refractivity contribution < 1.29 is 12.4 Å². The highest BCUT2D eigenvalue weighted by molar-refractivity contribution is 6.04. The molecular weight excluding hydrogens is 430 g/mol. The molecule has 0 saturated carbocycles. The topological polar surface area (TPSA) is 103 Å². The van der Waals surface area contributed by atoms with Crippen molar-refractivity contribution in [2.75, 3.05) is 5.32 Å². The van der Waals surface area contributed by atoms with Crippen LogP contribution in [0.25, 0.3) is 33.4 Å². The summed E-state index contributed by atoms with van der Waals surface area (Å²) in [6, 6.07) is 7.90. The van der Waals surface area contributed by atoms with Gasteiger partial charge in [0.1, 0.15) is 11.4 Å². The molecule has 4 heterocycles. The van der Waals surface area contributed by atoms with Crippen molar-refractivity contribution in [1.29, 1.82) is 0 Å². The molecule has 9 heteroatoms. The number of anilines is 1. The summed E-state index contributed by atoms with van der Waals surface area (Å²) in [4.78, 5) is 20.0. The predicted octanol–water partition coefficient (Wildman–Crippen LogP) is 5.08. The molecule has 0 aliphatic carbocycles. The second-order valence-electron chi connectivity index (χ2n) is 8.02. The van der Waals surface area contributed by atoms with Gasteiger partial charge in [-0.2, -0.15) is 10.2 Å². The van der Waals surface area contributed by atoms with Gasteiger partial charge in [-0.05, 0) is 36.3 Å². The number of hydrogen-bond acceptors (Lipinski definition) is 5. The Morgan fingerprint density at radius 1 is 1.09 bits per heavy atom. The molecule has 1 aromatic carbocycles. The molecule has 1 amide bonds. The molecule has 0 radical (unpaired) electrons. The predicted molar refractivity (Wildman–Crippen MR) is 135 cm³/mol. The number of hydrogen-bond donors (Lipinski definition) is 2. The molecule has 0 bridgehead atoms. The molecule has 174 valence electrons. The van der Waals surface area contributed by atoms with Crippen molar-refractivity contribution in [1.82, 2.24) is 29.5 Å². The SMILES string of the molecule is C=CC(=O)Nc1cc(-c2c(-c3cnn(C)c3)[nH]c3ncc(Oc4cnn(C)c4)cc23)ccc1C.[HH].[HH]. The maximum Gasteiger partial charge on any atom is 0.247 e. The van der Waals surface area contributed by atoms with Gasteiger partial charge >= 0.3 is 0 Å². The van der Waals surface area contributed by atoms with E-state index in [0.717, 1.165) is 33.3 Å². The Morgan fingerprint density at radius 3 is 2.59 bits per heavy atom. The summed E-state index contributed by atoms with van der Waals surface area (Å²) in [5.74, 6) is 0.948. The number of H-pyrrole nitrogens is 1. The highest BCUT2D eigenvalue weighted by Gasteiger charge is 2.19. The second kappa shape index (κ2) is 8.36. The molecule has 0 aliphatic rings. The number of pyridine rings is 1. The van der Waals surface area contributed by atoms with Gasteiger partial charge in [0, 0.05) is 45.3 Å². The van der Waals surface area contributed by atoms with Crippen molar-refractivity contribution >= 4 is 22.6 Å². The molecular formula is C25H27N7O2. The van der Waals surface area contributed by atoms with E-state index >= 15 is 0 Å². The van der Waals surface area contributed by atoms with Gasteiger partial charge in [-0.25, -0.2) is 4.98 Å². The number of aromatic amines is 1. The monoisotopic (exact) mass is 457 g/mol. The molecule has 34 heavy (non-hydrogen) atoms. The number of benzene rings is 1.